The SMILES string of the molecule is CCOC(=O)Cc1c(C)nc2c(S(=O)(=O)c3ccc(C(C)C)cc3)c(NC)nn2c1C. The lowest BCUT2D eigenvalue weighted by molar-refractivity contribution is -0.142. The van der Waals surface area contributed by atoms with Crippen LogP contribution in [0.2, 0.25) is 0 Å². The third-order valence-electron chi connectivity index (χ3n) is 5.27. The van der Waals surface area contributed by atoms with E-state index in [0.29, 0.717) is 22.9 Å². The molecule has 166 valence electrons. The minimum Gasteiger partial charge on any atom is -0.466 e. The van der Waals surface area contributed by atoms with E-state index in [1.165, 1.54) is 4.52 Å². The van der Waals surface area contributed by atoms with E-state index < -0.39 is 9.84 Å². The highest BCUT2D eigenvalue weighted by atomic mass is 32.2. The number of carbonyl (C=O) groups is 1. The van der Waals surface area contributed by atoms with E-state index in [2.05, 4.69) is 29.2 Å². The van der Waals surface area contributed by atoms with Crippen molar-refractivity contribution < 1.29 is 17.9 Å². The molecule has 0 radical (unpaired) electrons. The van der Waals surface area contributed by atoms with Gasteiger partial charge in [-0.1, -0.05) is 26.0 Å². The Morgan fingerprint density at radius 1 is 1.19 bits per heavy atom. The maximum Gasteiger partial charge on any atom is 0.310 e. The van der Waals surface area contributed by atoms with Gasteiger partial charge in [-0.05, 0) is 44.4 Å². The van der Waals surface area contributed by atoms with Gasteiger partial charge in [0.15, 0.2) is 16.4 Å². The number of aryl methyl sites for hydroxylation is 2. The quantitative estimate of drug-likeness (QED) is 0.557. The summed E-state index contributed by atoms with van der Waals surface area (Å²) in [7, 11) is -2.27. The monoisotopic (exact) mass is 444 g/mol. The normalized spacial score (nSPS) is 11.8. The van der Waals surface area contributed by atoms with E-state index in [1.54, 1.807) is 40.0 Å². The fourth-order valence-electron chi connectivity index (χ4n) is 3.52. The molecule has 2 aromatic heterocycles. The molecule has 2 heterocycles. The van der Waals surface area contributed by atoms with Crippen LogP contribution in [-0.4, -0.2) is 42.6 Å². The summed E-state index contributed by atoms with van der Waals surface area (Å²) in [4.78, 5) is 16.7. The zero-order valence-electron chi connectivity index (χ0n) is 18.7. The van der Waals surface area contributed by atoms with Gasteiger partial charge < -0.3 is 10.1 Å². The first-order valence-corrected chi connectivity index (χ1v) is 11.7. The molecule has 0 aliphatic carbocycles. The first-order valence-electron chi connectivity index (χ1n) is 10.2. The summed E-state index contributed by atoms with van der Waals surface area (Å²) < 4.78 is 33.6. The standard InChI is InChI=1S/C22H28N4O4S/c1-7-30-19(27)12-18-14(4)24-22-20(21(23-6)25-26(22)15(18)5)31(28,29)17-10-8-16(9-11-17)13(2)3/h8-11,13H,7,12H2,1-6H3,(H,23,25). The molecule has 0 amide bonds. The van der Waals surface area contributed by atoms with Crippen LogP contribution in [-0.2, 0) is 25.8 Å². The number of nitrogens with zero attached hydrogens (tertiary/aromatic N) is 3. The average molecular weight is 445 g/mol. The van der Waals surface area contributed by atoms with Crippen LogP contribution in [0.15, 0.2) is 34.1 Å². The van der Waals surface area contributed by atoms with Crippen LogP contribution in [0.4, 0.5) is 5.82 Å². The van der Waals surface area contributed by atoms with E-state index in [9.17, 15) is 13.2 Å². The molecule has 0 aliphatic heterocycles. The number of hydrogen-bond acceptors (Lipinski definition) is 7. The van der Waals surface area contributed by atoms with Gasteiger partial charge in [0.2, 0.25) is 9.84 Å². The Morgan fingerprint density at radius 2 is 1.84 bits per heavy atom. The molecule has 3 rings (SSSR count). The first-order chi connectivity index (χ1) is 14.6. The topological polar surface area (TPSA) is 103 Å². The molecule has 0 unspecified atom stereocenters. The summed E-state index contributed by atoms with van der Waals surface area (Å²) in [6.45, 7) is 9.68. The number of carbonyl (C=O) groups excluding carboxylic acids is 1. The fraction of sp³-hybridized carbons (Fsp3) is 0.409. The van der Waals surface area contributed by atoms with Crippen molar-refractivity contribution in [3.63, 3.8) is 0 Å². The maximum absolute atomic E-state index is 13.5. The van der Waals surface area contributed by atoms with Crippen molar-refractivity contribution in [2.24, 2.45) is 0 Å². The van der Waals surface area contributed by atoms with Crippen molar-refractivity contribution >= 4 is 27.3 Å². The van der Waals surface area contributed by atoms with Gasteiger partial charge in [-0.2, -0.15) is 0 Å². The predicted octanol–water partition coefficient (Wildman–Crippen LogP) is 3.45. The Balaban J connectivity index is 2.19. The van der Waals surface area contributed by atoms with Crippen LogP contribution >= 0.6 is 0 Å². The Hall–Kier alpha value is -2.94. The van der Waals surface area contributed by atoms with E-state index in [-0.39, 0.29) is 40.3 Å². The van der Waals surface area contributed by atoms with Gasteiger partial charge in [0.25, 0.3) is 0 Å². The highest BCUT2D eigenvalue weighted by Crippen LogP contribution is 2.32. The third kappa shape index (κ3) is 4.14. The summed E-state index contributed by atoms with van der Waals surface area (Å²) in [6, 6.07) is 6.87. The number of aromatic nitrogens is 3. The summed E-state index contributed by atoms with van der Waals surface area (Å²) in [5, 5.41) is 7.31. The molecule has 0 saturated carbocycles. The molecule has 8 nitrogen and oxygen atoms in total. The van der Waals surface area contributed by atoms with Crippen LogP contribution in [0.5, 0.6) is 0 Å². The van der Waals surface area contributed by atoms with Crippen LogP contribution < -0.4 is 5.32 Å². The third-order valence-corrected chi connectivity index (χ3v) is 7.08. The first kappa shape index (κ1) is 22.7. The van der Waals surface area contributed by atoms with Crippen molar-refractivity contribution in [2.75, 3.05) is 19.0 Å². The number of rotatable bonds is 7. The lowest BCUT2D eigenvalue weighted by atomic mass is 10.0. The number of nitrogens with one attached hydrogen (secondary N) is 1. The number of fused-ring (bicyclic) bond motifs is 1. The summed E-state index contributed by atoms with van der Waals surface area (Å²) in [5.41, 5.74) is 3.15. The molecule has 0 saturated heterocycles. The zero-order valence-corrected chi connectivity index (χ0v) is 19.5. The van der Waals surface area contributed by atoms with E-state index in [0.717, 1.165) is 5.56 Å². The molecule has 0 spiro atoms. The lowest BCUT2D eigenvalue weighted by Gasteiger charge is -2.11. The number of ether oxygens (including phenoxy) is 1. The van der Waals surface area contributed by atoms with Gasteiger partial charge in [-0.25, -0.2) is 17.9 Å². The Kier molecular flexibility index (Phi) is 6.35. The Morgan fingerprint density at radius 3 is 2.39 bits per heavy atom. The number of anilines is 1. The predicted molar refractivity (Wildman–Crippen MR) is 118 cm³/mol. The molecule has 0 bridgehead atoms. The molecule has 9 heteroatoms. The molecule has 0 atom stereocenters. The van der Waals surface area contributed by atoms with Gasteiger partial charge in [-0.15, -0.1) is 5.10 Å². The Bertz CT molecular complexity index is 1230. The van der Waals surface area contributed by atoms with Gasteiger partial charge in [0.05, 0.1) is 17.9 Å². The fourth-order valence-corrected chi connectivity index (χ4v) is 5.02. The van der Waals surface area contributed by atoms with Crippen LogP contribution in [0.1, 0.15) is 49.2 Å². The second-order valence-corrected chi connectivity index (χ2v) is 9.52. The van der Waals surface area contributed by atoms with Crippen LogP contribution in [0.25, 0.3) is 5.65 Å². The average Bonchev–Trinajstić information content (AvgIpc) is 3.10. The molecule has 31 heavy (non-hydrogen) atoms. The zero-order chi connectivity index (χ0) is 22.9. The van der Waals surface area contributed by atoms with Gasteiger partial charge in [0, 0.05) is 24.0 Å². The summed E-state index contributed by atoms with van der Waals surface area (Å²) >= 11 is 0. The number of sulfone groups is 1. The smallest absolute Gasteiger partial charge is 0.310 e. The molecule has 0 aliphatic rings. The van der Waals surface area contributed by atoms with Crippen molar-refractivity contribution in [2.45, 2.75) is 56.7 Å². The minimum atomic E-state index is -3.89. The second kappa shape index (κ2) is 8.66. The highest BCUT2D eigenvalue weighted by Gasteiger charge is 2.30. The molecule has 1 N–H and O–H groups in total. The van der Waals surface area contributed by atoms with Crippen molar-refractivity contribution in [3.8, 4) is 0 Å². The van der Waals surface area contributed by atoms with E-state index >= 15 is 0 Å². The van der Waals surface area contributed by atoms with Gasteiger partial charge in [0.1, 0.15) is 0 Å². The largest absolute Gasteiger partial charge is 0.466 e. The van der Waals surface area contributed by atoms with Crippen LogP contribution in [0.3, 0.4) is 0 Å². The molecule has 0 fully saturated rings. The number of benzene rings is 1. The lowest BCUT2D eigenvalue weighted by Crippen LogP contribution is -2.13. The molecular weight excluding hydrogens is 416 g/mol. The summed E-state index contributed by atoms with van der Waals surface area (Å²) in [6.07, 6.45) is 0.0436. The van der Waals surface area contributed by atoms with E-state index in [1.807, 2.05) is 12.1 Å². The molecule has 3 aromatic rings. The van der Waals surface area contributed by atoms with Gasteiger partial charge >= 0.3 is 5.97 Å². The maximum atomic E-state index is 13.5. The van der Waals surface area contributed by atoms with Crippen molar-refractivity contribution in [1.82, 2.24) is 14.6 Å². The molecule has 1 aromatic carbocycles. The highest BCUT2D eigenvalue weighted by molar-refractivity contribution is 7.91. The van der Waals surface area contributed by atoms with E-state index in [4.69, 9.17) is 4.74 Å². The van der Waals surface area contributed by atoms with Crippen molar-refractivity contribution in [3.05, 3.63) is 46.8 Å². The Labute approximate surface area is 182 Å². The van der Waals surface area contributed by atoms with Crippen LogP contribution in [0, 0.1) is 13.8 Å². The van der Waals surface area contributed by atoms with Gasteiger partial charge in [-0.3, -0.25) is 4.79 Å². The number of esters is 1. The minimum absolute atomic E-state index is 0.0150. The molecular formula is C22H28N4O4S. The van der Waals surface area contributed by atoms with Crippen molar-refractivity contribution in [1.29, 1.82) is 0 Å². The summed E-state index contributed by atoms with van der Waals surface area (Å²) in [5.74, 6) is 0.136. The number of hydrogen-bond donors (Lipinski definition) is 1. The second-order valence-electron chi connectivity index (χ2n) is 7.63.